The highest BCUT2D eigenvalue weighted by Crippen LogP contribution is 2.37. The Bertz CT molecular complexity index is 438. The molecule has 2 unspecified atom stereocenters. The van der Waals surface area contributed by atoms with Gasteiger partial charge in [-0.15, -0.1) is 11.8 Å². The van der Waals surface area contributed by atoms with Crippen LogP contribution in [-0.2, 0) is 11.2 Å². The summed E-state index contributed by atoms with van der Waals surface area (Å²) in [6, 6.07) is 8.64. The Labute approximate surface area is 112 Å². The van der Waals surface area contributed by atoms with E-state index in [4.69, 9.17) is 5.73 Å². The molecule has 0 bridgehead atoms. The summed E-state index contributed by atoms with van der Waals surface area (Å²) in [6.07, 6.45) is 2.08. The van der Waals surface area contributed by atoms with Crippen LogP contribution < -0.4 is 5.73 Å². The van der Waals surface area contributed by atoms with E-state index in [1.165, 1.54) is 10.5 Å². The minimum Gasteiger partial charge on any atom is -0.369 e. The van der Waals surface area contributed by atoms with Crippen LogP contribution in [0.25, 0.3) is 0 Å². The van der Waals surface area contributed by atoms with Crippen molar-refractivity contribution in [3.63, 3.8) is 0 Å². The SMILES string of the molecule is NC(=O)C1CCN(CC2Cc3ccccc3S2)C1. The smallest absolute Gasteiger partial charge is 0.221 e. The molecule has 0 aliphatic carbocycles. The molecule has 2 aliphatic heterocycles. The Morgan fingerprint density at radius 3 is 3.00 bits per heavy atom. The van der Waals surface area contributed by atoms with Crippen molar-refractivity contribution in [1.82, 2.24) is 4.90 Å². The van der Waals surface area contributed by atoms with Crippen LogP contribution >= 0.6 is 11.8 Å². The third-order valence-electron chi connectivity index (χ3n) is 3.85. The Kier molecular flexibility index (Phi) is 3.31. The lowest BCUT2D eigenvalue weighted by atomic mass is 10.1. The number of amides is 1. The summed E-state index contributed by atoms with van der Waals surface area (Å²) in [6.45, 7) is 2.94. The van der Waals surface area contributed by atoms with E-state index in [1.807, 2.05) is 11.8 Å². The van der Waals surface area contributed by atoms with E-state index < -0.39 is 0 Å². The lowest BCUT2D eigenvalue weighted by Crippen LogP contribution is -2.31. The van der Waals surface area contributed by atoms with Gasteiger partial charge in [0.2, 0.25) is 5.91 Å². The van der Waals surface area contributed by atoms with E-state index in [0.29, 0.717) is 5.25 Å². The maximum absolute atomic E-state index is 11.2. The molecular weight excluding hydrogens is 244 g/mol. The highest BCUT2D eigenvalue weighted by Gasteiger charge is 2.30. The molecule has 0 radical (unpaired) electrons. The molecule has 1 saturated heterocycles. The second-order valence-corrected chi connectivity index (χ2v) is 6.54. The first-order chi connectivity index (χ1) is 8.72. The monoisotopic (exact) mass is 262 g/mol. The van der Waals surface area contributed by atoms with Gasteiger partial charge in [0, 0.05) is 23.2 Å². The average Bonchev–Trinajstić information content (AvgIpc) is 2.94. The van der Waals surface area contributed by atoms with Crippen molar-refractivity contribution in [3.8, 4) is 0 Å². The van der Waals surface area contributed by atoms with Gasteiger partial charge in [-0.05, 0) is 31.0 Å². The normalized spacial score (nSPS) is 27.3. The van der Waals surface area contributed by atoms with Gasteiger partial charge in [0.05, 0.1) is 5.92 Å². The number of nitrogens with zero attached hydrogens (tertiary/aromatic N) is 1. The summed E-state index contributed by atoms with van der Waals surface area (Å²) in [7, 11) is 0. The van der Waals surface area contributed by atoms with Crippen molar-refractivity contribution < 1.29 is 4.79 Å². The van der Waals surface area contributed by atoms with Crippen LogP contribution in [0.1, 0.15) is 12.0 Å². The number of hydrogen-bond acceptors (Lipinski definition) is 3. The van der Waals surface area contributed by atoms with E-state index in [1.54, 1.807) is 0 Å². The van der Waals surface area contributed by atoms with Crippen LogP contribution in [-0.4, -0.2) is 35.7 Å². The van der Waals surface area contributed by atoms with E-state index in [0.717, 1.165) is 32.5 Å². The van der Waals surface area contributed by atoms with Crippen LogP contribution in [0.15, 0.2) is 29.2 Å². The molecule has 96 valence electrons. The molecule has 18 heavy (non-hydrogen) atoms. The summed E-state index contributed by atoms with van der Waals surface area (Å²) in [5.41, 5.74) is 6.84. The van der Waals surface area contributed by atoms with Crippen molar-refractivity contribution in [2.24, 2.45) is 11.7 Å². The average molecular weight is 262 g/mol. The fourth-order valence-corrected chi connectivity index (χ4v) is 4.24. The van der Waals surface area contributed by atoms with E-state index >= 15 is 0 Å². The molecule has 3 nitrogen and oxygen atoms in total. The molecule has 2 atom stereocenters. The van der Waals surface area contributed by atoms with Crippen molar-refractivity contribution in [3.05, 3.63) is 29.8 Å². The highest BCUT2D eigenvalue weighted by atomic mass is 32.2. The number of hydrogen-bond donors (Lipinski definition) is 1. The molecule has 3 rings (SSSR count). The van der Waals surface area contributed by atoms with E-state index in [2.05, 4.69) is 29.2 Å². The largest absolute Gasteiger partial charge is 0.369 e. The number of carbonyl (C=O) groups is 1. The quantitative estimate of drug-likeness (QED) is 0.898. The Morgan fingerprint density at radius 2 is 2.28 bits per heavy atom. The predicted octanol–water partition coefficient (Wildman–Crippen LogP) is 1.51. The van der Waals surface area contributed by atoms with Gasteiger partial charge in [-0.3, -0.25) is 4.79 Å². The zero-order valence-electron chi connectivity index (χ0n) is 10.3. The number of fused-ring (bicyclic) bond motifs is 1. The van der Waals surface area contributed by atoms with Crippen LogP contribution in [0.3, 0.4) is 0 Å². The zero-order chi connectivity index (χ0) is 12.5. The van der Waals surface area contributed by atoms with Gasteiger partial charge in [0.1, 0.15) is 0 Å². The van der Waals surface area contributed by atoms with Crippen molar-refractivity contribution in [2.45, 2.75) is 23.0 Å². The van der Waals surface area contributed by atoms with Crippen molar-refractivity contribution in [2.75, 3.05) is 19.6 Å². The Balaban J connectivity index is 1.56. The minimum atomic E-state index is -0.139. The number of benzene rings is 1. The topological polar surface area (TPSA) is 46.3 Å². The molecule has 2 aliphatic rings. The first-order valence-electron chi connectivity index (χ1n) is 6.48. The minimum absolute atomic E-state index is 0.0683. The second kappa shape index (κ2) is 4.94. The van der Waals surface area contributed by atoms with Crippen molar-refractivity contribution >= 4 is 17.7 Å². The van der Waals surface area contributed by atoms with Gasteiger partial charge in [-0.25, -0.2) is 0 Å². The summed E-state index contributed by atoms with van der Waals surface area (Å²) >= 11 is 1.97. The van der Waals surface area contributed by atoms with Crippen molar-refractivity contribution in [1.29, 1.82) is 0 Å². The Hall–Kier alpha value is -1.00. The molecule has 1 amide bonds. The predicted molar refractivity (Wildman–Crippen MR) is 73.5 cm³/mol. The number of rotatable bonds is 3. The first kappa shape index (κ1) is 12.1. The van der Waals surface area contributed by atoms with Gasteiger partial charge in [0.15, 0.2) is 0 Å². The second-order valence-electron chi connectivity index (χ2n) is 5.20. The number of nitrogens with two attached hydrogens (primary N) is 1. The maximum atomic E-state index is 11.2. The van der Waals surface area contributed by atoms with Crippen LogP contribution in [0.5, 0.6) is 0 Å². The number of primary amides is 1. The molecule has 2 heterocycles. The molecular formula is C14H18N2OS. The molecule has 4 heteroatoms. The van der Waals surface area contributed by atoms with Crippen LogP contribution in [0, 0.1) is 5.92 Å². The summed E-state index contributed by atoms with van der Waals surface area (Å²) in [4.78, 5) is 15.0. The molecule has 0 saturated carbocycles. The fourth-order valence-electron chi connectivity index (χ4n) is 2.87. The highest BCUT2D eigenvalue weighted by molar-refractivity contribution is 8.00. The first-order valence-corrected chi connectivity index (χ1v) is 7.36. The number of carbonyl (C=O) groups excluding carboxylic acids is 1. The molecule has 0 aromatic heterocycles. The fraction of sp³-hybridized carbons (Fsp3) is 0.500. The van der Waals surface area contributed by atoms with Crippen LogP contribution in [0.4, 0.5) is 0 Å². The van der Waals surface area contributed by atoms with E-state index in [9.17, 15) is 4.79 Å². The zero-order valence-corrected chi connectivity index (χ0v) is 11.2. The molecule has 1 aromatic rings. The third kappa shape index (κ3) is 2.40. The number of likely N-dealkylation sites (tertiary alicyclic amines) is 1. The van der Waals surface area contributed by atoms with Gasteiger partial charge < -0.3 is 10.6 Å². The molecule has 2 N–H and O–H groups in total. The van der Waals surface area contributed by atoms with E-state index in [-0.39, 0.29) is 11.8 Å². The summed E-state index contributed by atoms with van der Waals surface area (Å²) in [5.74, 6) is -0.0707. The van der Waals surface area contributed by atoms with Gasteiger partial charge in [-0.2, -0.15) is 0 Å². The van der Waals surface area contributed by atoms with Gasteiger partial charge in [-0.1, -0.05) is 18.2 Å². The van der Waals surface area contributed by atoms with Gasteiger partial charge >= 0.3 is 0 Å². The standard InChI is InChI=1S/C14H18N2OS/c15-14(17)11-5-6-16(8-11)9-12-7-10-3-1-2-4-13(10)18-12/h1-4,11-12H,5-9H2,(H2,15,17). The summed E-state index contributed by atoms with van der Waals surface area (Å²) < 4.78 is 0. The Morgan fingerprint density at radius 1 is 1.44 bits per heavy atom. The number of thioether (sulfide) groups is 1. The third-order valence-corrected chi connectivity index (χ3v) is 5.15. The maximum Gasteiger partial charge on any atom is 0.221 e. The lowest BCUT2D eigenvalue weighted by molar-refractivity contribution is -0.121. The summed E-state index contributed by atoms with van der Waals surface area (Å²) in [5, 5.41) is 0.633. The molecule has 1 fully saturated rings. The molecule has 0 spiro atoms. The molecule has 1 aromatic carbocycles. The van der Waals surface area contributed by atoms with Gasteiger partial charge in [0.25, 0.3) is 0 Å². The van der Waals surface area contributed by atoms with Crippen LogP contribution in [0.2, 0.25) is 0 Å². The lowest BCUT2D eigenvalue weighted by Gasteiger charge is -2.19.